The van der Waals surface area contributed by atoms with Crippen LogP contribution in [-0.4, -0.2) is 30.1 Å². The molecule has 3 amide bonds. The molecule has 6 nitrogen and oxygen atoms in total. The average molecular weight is 383 g/mol. The Kier molecular flexibility index (Phi) is 6.96. The van der Waals surface area contributed by atoms with E-state index in [9.17, 15) is 14.4 Å². The van der Waals surface area contributed by atoms with Crippen molar-refractivity contribution < 1.29 is 19.1 Å². The Morgan fingerprint density at radius 1 is 1.22 bits per heavy atom. The smallest absolute Gasteiger partial charge is 0.331 e. The van der Waals surface area contributed by atoms with E-state index in [0.29, 0.717) is 0 Å². The number of carbonyl (C=O) groups excluding carboxylic acids is 3. The van der Waals surface area contributed by atoms with Crippen molar-refractivity contribution in [1.82, 2.24) is 10.6 Å². The summed E-state index contributed by atoms with van der Waals surface area (Å²) in [5.41, 5.74) is 0.339. The zero-order valence-corrected chi connectivity index (χ0v) is 14.8. The largest absolute Gasteiger partial charge is 0.452 e. The highest BCUT2D eigenvalue weighted by atomic mass is 79.9. The van der Waals surface area contributed by atoms with Crippen molar-refractivity contribution in [3.63, 3.8) is 0 Å². The van der Waals surface area contributed by atoms with E-state index in [-0.39, 0.29) is 0 Å². The van der Waals surface area contributed by atoms with Crippen molar-refractivity contribution in [2.24, 2.45) is 0 Å². The Labute approximate surface area is 143 Å². The van der Waals surface area contributed by atoms with Crippen LogP contribution in [0.3, 0.4) is 0 Å². The maximum atomic E-state index is 11.5. The molecule has 0 aromatic heterocycles. The Morgan fingerprint density at radius 3 is 2.48 bits per heavy atom. The minimum Gasteiger partial charge on any atom is -0.452 e. The van der Waals surface area contributed by atoms with E-state index in [1.165, 1.54) is 6.08 Å². The first-order valence-electron chi connectivity index (χ1n) is 6.89. The van der Waals surface area contributed by atoms with Crippen LogP contribution in [-0.2, 0) is 14.3 Å². The zero-order valence-electron chi connectivity index (χ0n) is 13.2. The van der Waals surface area contributed by atoms with E-state index in [4.69, 9.17) is 4.74 Å². The van der Waals surface area contributed by atoms with E-state index in [0.717, 1.165) is 10.0 Å². The van der Waals surface area contributed by atoms with Gasteiger partial charge >= 0.3 is 12.0 Å². The molecule has 0 saturated carbocycles. The third-order valence-electron chi connectivity index (χ3n) is 2.39. The van der Waals surface area contributed by atoms with Gasteiger partial charge < -0.3 is 10.1 Å². The van der Waals surface area contributed by atoms with E-state index in [1.54, 1.807) is 26.8 Å². The maximum absolute atomic E-state index is 11.5. The predicted molar refractivity (Wildman–Crippen MR) is 90.6 cm³/mol. The lowest BCUT2D eigenvalue weighted by Crippen LogP contribution is -2.49. The van der Waals surface area contributed by atoms with Crippen LogP contribution in [0.2, 0.25) is 0 Å². The lowest BCUT2D eigenvalue weighted by atomic mass is 10.1. The van der Waals surface area contributed by atoms with Crippen LogP contribution in [0.15, 0.2) is 34.8 Å². The molecule has 124 valence electrons. The first-order chi connectivity index (χ1) is 10.7. The third-order valence-corrected chi connectivity index (χ3v) is 3.11. The molecule has 0 unspecified atom stereocenters. The highest BCUT2D eigenvalue weighted by Gasteiger charge is 2.16. The van der Waals surface area contributed by atoms with Gasteiger partial charge in [-0.3, -0.25) is 10.1 Å². The fourth-order valence-corrected chi connectivity index (χ4v) is 1.90. The van der Waals surface area contributed by atoms with Crippen molar-refractivity contribution in [2.75, 3.05) is 6.61 Å². The van der Waals surface area contributed by atoms with Crippen molar-refractivity contribution in [1.29, 1.82) is 0 Å². The number of rotatable bonds is 4. The minimum absolute atomic E-state index is 0.465. The molecule has 0 heterocycles. The number of amides is 3. The van der Waals surface area contributed by atoms with Gasteiger partial charge in [-0.2, -0.15) is 0 Å². The number of halogens is 1. The molecular formula is C16H19BrN2O4. The molecule has 0 aliphatic rings. The minimum atomic E-state index is -0.700. The number of esters is 1. The molecule has 7 heteroatoms. The fourth-order valence-electron chi connectivity index (χ4n) is 1.49. The number of benzene rings is 1. The van der Waals surface area contributed by atoms with Gasteiger partial charge in [0.15, 0.2) is 6.61 Å². The molecule has 1 aromatic rings. The van der Waals surface area contributed by atoms with Gasteiger partial charge in [0.2, 0.25) is 0 Å². The molecule has 23 heavy (non-hydrogen) atoms. The molecule has 0 saturated heterocycles. The molecule has 1 rings (SSSR count). The van der Waals surface area contributed by atoms with Gasteiger partial charge in [-0.05, 0) is 38.5 Å². The third kappa shape index (κ3) is 8.15. The Balaban J connectivity index is 2.40. The summed E-state index contributed by atoms with van der Waals surface area (Å²) in [4.78, 5) is 34.5. The quantitative estimate of drug-likeness (QED) is 0.619. The van der Waals surface area contributed by atoms with Crippen LogP contribution >= 0.6 is 15.9 Å². The topological polar surface area (TPSA) is 84.5 Å². The first kappa shape index (κ1) is 18.9. The number of hydrogen-bond donors (Lipinski definition) is 2. The monoisotopic (exact) mass is 382 g/mol. The summed E-state index contributed by atoms with van der Waals surface area (Å²) in [5, 5.41) is 4.64. The number of nitrogens with one attached hydrogen (secondary N) is 2. The van der Waals surface area contributed by atoms with Crippen LogP contribution in [0.5, 0.6) is 0 Å². The summed E-state index contributed by atoms with van der Waals surface area (Å²) in [6.07, 6.45) is 2.78. The summed E-state index contributed by atoms with van der Waals surface area (Å²) in [5.74, 6) is -1.37. The summed E-state index contributed by atoms with van der Waals surface area (Å²) < 4.78 is 5.60. The fraction of sp³-hybridized carbons (Fsp3) is 0.312. The van der Waals surface area contributed by atoms with E-state index >= 15 is 0 Å². The number of hydrogen-bond acceptors (Lipinski definition) is 4. The molecule has 0 fully saturated rings. The molecule has 0 spiro atoms. The Morgan fingerprint density at radius 2 is 1.87 bits per heavy atom. The van der Waals surface area contributed by atoms with Crippen LogP contribution in [0, 0.1) is 0 Å². The molecule has 0 aliphatic heterocycles. The summed E-state index contributed by atoms with van der Waals surface area (Å²) >= 11 is 3.35. The Hall–Kier alpha value is -2.15. The SMILES string of the molecule is CC(C)(C)NC(=O)NC(=O)COC(=O)/C=C/c1ccccc1Br. The summed E-state index contributed by atoms with van der Waals surface area (Å²) in [7, 11) is 0. The maximum Gasteiger partial charge on any atom is 0.331 e. The van der Waals surface area contributed by atoms with Crippen molar-refractivity contribution >= 4 is 39.9 Å². The van der Waals surface area contributed by atoms with Gasteiger partial charge in [0.1, 0.15) is 0 Å². The van der Waals surface area contributed by atoms with Crippen molar-refractivity contribution in [2.45, 2.75) is 26.3 Å². The number of carbonyl (C=O) groups is 3. The molecule has 0 aliphatic carbocycles. The van der Waals surface area contributed by atoms with Crippen molar-refractivity contribution in [3.8, 4) is 0 Å². The molecule has 0 bridgehead atoms. The summed E-state index contributed by atoms with van der Waals surface area (Å²) in [6, 6.07) is 6.70. The van der Waals surface area contributed by atoms with Crippen LogP contribution in [0.25, 0.3) is 6.08 Å². The highest BCUT2D eigenvalue weighted by molar-refractivity contribution is 9.10. The van der Waals surface area contributed by atoms with Gasteiger partial charge in [-0.15, -0.1) is 0 Å². The van der Waals surface area contributed by atoms with E-state index in [1.807, 2.05) is 24.3 Å². The normalized spacial score (nSPS) is 11.1. The molecule has 2 N–H and O–H groups in total. The van der Waals surface area contributed by atoms with Crippen molar-refractivity contribution in [3.05, 3.63) is 40.4 Å². The van der Waals surface area contributed by atoms with E-state index < -0.39 is 30.1 Å². The highest BCUT2D eigenvalue weighted by Crippen LogP contribution is 2.17. The van der Waals surface area contributed by atoms with Crippen LogP contribution in [0.4, 0.5) is 4.79 Å². The predicted octanol–water partition coefficient (Wildman–Crippen LogP) is 2.63. The van der Waals surface area contributed by atoms with Crippen LogP contribution < -0.4 is 10.6 Å². The second-order valence-corrected chi connectivity index (χ2v) is 6.57. The standard InChI is InChI=1S/C16H19BrN2O4/c1-16(2,3)19-15(22)18-13(20)10-23-14(21)9-8-11-6-4-5-7-12(11)17/h4-9H,10H2,1-3H3,(H2,18,19,20,22)/b9-8+. The number of ether oxygens (including phenoxy) is 1. The molecular weight excluding hydrogens is 364 g/mol. The number of urea groups is 1. The van der Waals surface area contributed by atoms with Gasteiger partial charge in [-0.25, -0.2) is 9.59 Å². The zero-order chi connectivity index (χ0) is 17.5. The first-order valence-corrected chi connectivity index (χ1v) is 7.68. The molecule has 0 radical (unpaired) electrons. The van der Waals surface area contributed by atoms with Gasteiger partial charge in [0.25, 0.3) is 5.91 Å². The second kappa shape index (κ2) is 8.47. The Bertz CT molecular complexity index is 621. The lowest BCUT2D eigenvalue weighted by Gasteiger charge is -2.20. The number of imide groups is 1. The second-order valence-electron chi connectivity index (χ2n) is 5.71. The molecule has 0 atom stereocenters. The molecule has 1 aromatic carbocycles. The summed E-state index contributed by atoms with van der Waals surface area (Å²) in [6.45, 7) is 4.81. The van der Waals surface area contributed by atoms with Gasteiger partial charge in [-0.1, -0.05) is 34.1 Å². The van der Waals surface area contributed by atoms with Gasteiger partial charge in [0, 0.05) is 16.1 Å². The van der Waals surface area contributed by atoms with Gasteiger partial charge in [0.05, 0.1) is 0 Å². The lowest BCUT2D eigenvalue weighted by molar-refractivity contribution is -0.143. The average Bonchev–Trinajstić information content (AvgIpc) is 2.42. The van der Waals surface area contributed by atoms with Crippen LogP contribution in [0.1, 0.15) is 26.3 Å². The van der Waals surface area contributed by atoms with E-state index in [2.05, 4.69) is 26.6 Å².